The number of carbonyl (C=O) groups excluding carboxylic acids is 1. The number of carbonyl (C=O) groups is 1. The van der Waals surface area contributed by atoms with E-state index in [1.807, 2.05) is 11.0 Å². The molecule has 114 valence electrons. The molecule has 1 aliphatic heterocycles. The molecule has 1 saturated heterocycles. The maximum absolute atomic E-state index is 12.8. The summed E-state index contributed by atoms with van der Waals surface area (Å²) in [6.45, 7) is 0.752. The van der Waals surface area contributed by atoms with Crippen molar-refractivity contribution in [1.29, 1.82) is 0 Å². The number of halogens is 2. The number of hydrogen-bond acceptors (Lipinski definition) is 2. The molecule has 1 aliphatic rings. The van der Waals surface area contributed by atoms with Crippen LogP contribution in [0.5, 0.6) is 0 Å². The number of hydrogen-bond donors (Lipinski definition) is 1. The molecule has 1 aromatic rings. The SMILES string of the molecule is O=C1CC[C@H](/C=C/[C@@H](O)Cc2ccc(F)cc2)N1CCI. The summed E-state index contributed by atoms with van der Waals surface area (Å²) in [4.78, 5) is 13.6. The highest BCUT2D eigenvalue weighted by molar-refractivity contribution is 14.1. The molecule has 1 aromatic carbocycles. The normalized spacial score (nSPS) is 20.4. The van der Waals surface area contributed by atoms with Crippen LogP contribution >= 0.6 is 22.6 Å². The largest absolute Gasteiger partial charge is 0.389 e. The quantitative estimate of drug-likeness (QED) is 0.451. The third-order valence-electron chi connectivity index (χ3n) is 3.61. The molecular formula is C16H19FINO2. The Bertz CT molecular complexity index is 504. The Hall–Kier alpha value is -0.950. The van der Waals surface area contributed by atoms with Gasteiger partial charge in [0.05, 0.1) is 12.1 Å². The molecule has 5 heteroatoms. The standard InChI is InChI=1S/C16H19FINO2/c17-13-3-1-12(2-4-13)11-15(20)7-5-14-6-8-16(21)19(14)10-9-18/h1-5,7,14-15,20H,6,8-11H2/b7-5+/t14-,15+/m0/s1. The summed E-state index contributed by atoms with van der Waals surface area (Å²) in [6, 6.07) is 6.23. The highest BCUT2D eigenvalue weighted by atomic mass is 127. The zero-order valence-electron chi connectivity index (χ0n) is 11.7. The van der Waals surface area contributed by atoms with E-state index in [1.165, 1.54) is 12.1 Å². The van der Waals surface area contributed by atoms with Gasteiger partial charge >= 0.3 is 0 Å². The van der Waals surface area contributed by atoms with E-state index < -0.39 is 6.10 Å². The van der Waals surface area contributed by atoms with Gasteiger partial charge in [-0.05, 0) is 24.1 Å². The number of nitrogens with zero attached hydrogens (tertiary/aromatic N) is 1. The summed E-state index contributed by atoms with van der Waals surface area (Å²) in [5.74, 6) is -0.0861. The van der Waals surface area contributed by atoms with Crippen molar-refractivity contribution in [3.63, 3.8) is 0 Å². The zero-order valence-corrected chi connectivity index (χ0v) is 13.9. The van der Waals surface area contributed by atoms with Crippen molar-refractivity contribution in [1.82, 2.24) is 4.90 Å². The number of aliphatic hydroxyl groups excluding tert-OH is 1. The Balaban J connectivity index is 1.90. The minimum atomic E-state index is -0.618. The van der Waals surface area contributed by atoms with Crippen LogP contribution in [-0.4, -0.2) is 39.0 Å². The highest BCUT2D eigenvalue weighted by Crippen LogP contribution is 2.20. The molecule has 3 nitrogen and oxygen atoms in total. The molecule has 1 amide bonds. The van der Waals surface area contributed by atoms with Crippen LogP contribution < -0.4 is 0 Å². The van der Waals surface area contributed by atoms with Gasteiger partial charge in [-0.3, -0.25) is 4.79 Å². The molecule has 0 radical (unpaired) electrons. The fourth-order valence-corrected chi connectivity index (χ4v) is 3.04. The predicted octanol–water partition coefficient (Wildman–Crippen LogP) is 2.71. The molecule has 21 heavy (non-hydrogen) atoms. The third-order valence-corrected chi connectivity index (χ3v) is 4.10. The van der Waals surface area contributed by atoms with Gasteiger partial charge < -0.3 is 10.0 Å². The van der Waals surface area contributed by atoms with Crippen LogP contribution in [0.15, 0.2) is 36.4 Å². The molecule has 2 atom stereocenters. The van der Waals surface area contributed by atoms with E-state index in [2.05, 4.69) is 22.6 Å². The summed E-state index contributed by atoms with van der Waals surface area (Å²) < 4.78 is 13.7. The first kappa shape index (κ1) is 16.4. The second-order valence-corrected chi connectivity index (χ2v) is 6.24. The smallest absolute Gasteiger partial charge is 0.223 e. The first-order valence-corrected chi connectivity index (χ1v) is 8.59. The van der Waals surface area contributed by atoms with E-state index in [0.29, 0.717) is 12.8 Å². The van der Waals surface area contributed by atoms with Crippen molar-refractivity contribution in [2.75, 3.05) is 11.0 Å². The minimum absolute atomic E-state index is 0.0927. The molecule has 1 fully saturated rings. The Morgan fingerprint density at radius 3 is 2.81 bits per heavy atom. The van der Waals surface area contributed by atoms with Crippen LogP contribution in [0.1, 0.15) is 18.4 Å². The van der Waals surface area contributed by atoms with Gasteiger partial charge in [0, 0.05) is 23.8 Å². The fourth-order valence-electron chi connectivity index (χ4n) is 2.52. The number of amides is 1. The molecule has 0 unspecified atom stereocenters. The van der Waals surface area contributed by atoms with E-state index in [4.69, 9.17) is 0 Å². The van der Waals surface area contributed by atoms with Gasteiger partial charge in [-0.25, -0.2) is 4.39 Å². The predicted molar refractivity (Wildman–Crippen MR) is 88.9 cm³/mol. The Morgan fingerprint density at radius 2 is 2.14 bits per heavy atom. The molecule has 1 heterocycles. The summed E-state index contributed by atoms with van der Waals surface area (Å²) in [5.41, 5.74) is 0.889. The first-order valence-electron chi connectivity index (χ1n) is 7.06. The molecule has 0 saturated carbocycles. The Morgan fingerprint density at radius 1 is 1.43 bits per heavy atom. The second-order valence-electron chi connectivity index (χ2n) is 5.16. The maximum atomic E-state index is 12.8. The van der Waals surface area contributed by atoms with Crippen LogP contribution in [0, 0.1) is 5.82 Å². The molecule has 0 aliphatic carbocycles. The fraction of sp³-hybridized carbons (Fsp3) is 0.438. The lowest BCUT2D eigenvalue weighted by Crippen LogP contribution is -2.33. The summed E-state index contributed by atoms with van der Waals surface area (Å²) in [7, 11) is 0. The van der Waals surface area contributed by atoms with E-state index in [1.54, 1.807) is 18.2 Å². The average Bonchev–Trinajstić information content (AvgIpc) is 2.81. The highest BCUT2D eigenvalue weighted by Gasteiger charge is 2.28. The number of rotatable bonds is 6. The zero-order chi connectivity index (χ0) is 15.2. The van der Waals surface area contributed by atoms with Gasteiger partial charge in [0.25, 0.3) is 0 Å². The van der Waals surface area contributed by atoms with E-state index in [9.17, 15) is 14.3 Å². The van der Waals surface area contributed by atoms with Crippen LogP contribution in [-0.2, 0) is 11.2 Å². The van der Waals surface area contributed by atoms with Crippen LogP contribution in [0.3, 0.4) is 0 Å². The van der Waals surface area contributed by atoms with Gasteiger partial charge in [0.2, 0.25) is 5.91 Å². The molecule has 1 N–H and O–H groups in total. The van der Waals surface area contributed by atoms with E-state index in [-0.39, 0.29) is 17.8 Å². The molecule has 0 aromatic heterocycles. The topological polar surface area (TPSA) is 40.5 Å². The van der Waals surface area contributed by atoms with Gasteiger partial charge in [0.15, 0.2) is 0 Å². The van der Waals surface area contributed by atoms with E-state index >= 15 is 0 Å². The second kappa shape index (κ2) is 7.89. The third kappa shape index (κ3) is 4.78. The van der Waals surface area contributed by atoms with E-state index in [0.717, 1.165) is 23.0 Å². The van der Waals surface area contributed by atoms with Gasteiger partial charge in [0.1, 0.15) is 5.82 Å². The lowest BCUT2D eigenvalue weighted by molar-refractivity contribution is -0.128. The number of likely N-dealkylation sites (tertiary alicyclic amines) is 1. The van der Waals surface area contributed by atoms with Crippen LogP contribution in [0.25, 0.3) is 0 Å². The van der Waals surface area contributed by atoms with Crippen molar-refractivity contribution in [3.05, 3.63) is 47.8 Å². The molecule has 0 spiro atoms. The van der Waals surface area contributed by atoms with Crippen molar-refractivity contribution in [2.24, 2.45) is 0 Å². The molecular weight excluding hydrogens is 384 g/mol. The van der Waals surface area contributed by atoms with Crippen molar-refractivity contribution >= 4 is 28.5 Å². The Kier molecular flexibility index (Phi) is 6.17. The van der Waals surface area contributed by atoms with Crippen molar-refractivity contribution < 1.29 is 14.3 Å². The van der Waals surface area contributed by atoms with Gasteiger partial charge in [-0.1, -0.05) is 46.9 Å². The monoisotopic (exact) mass is 403 g/mol. The van der Waals surface area contributed by atoms with Crippen molar-refractivity contribution in [2.45, 2.75) is 31.4 Å². The van der Waals surface area contributed by atoms with Gasteiger partial charge in [-0.15, -0.1) is 0 Å². The minimum Gasteiger partial charge on any atom is -0.389 e. The lowest BCUT2D eigenvalue weighted by atomic mass is 10.1. The summed E-state index contributed by atoms with van der Waals surface area (Å²) in [5, 5.41) is 10.0. The summed E-state index contributed by atoms with van der Waals surface area (Å²) in [6.07, 6.45) is 4.89. The number of benzene rings is 1. The first-order chi connectivity index (χ1) is 10.1. The Labute approximate surface area is 138 Å². The lowest BCUT2D eigenvalue weighted by Gasteiger charge is -2.21. The number of alkyl halides is 1. The maximum Gasteiger partial charge on any atom is 0.223 e. The van der Waals surface area contributed by atoms with Crippen molar-refractivity contribution in [3.8, 4) is 0 Å². The van der Waals surface area contributed by atoms with Crippen LogP contribution in [0.2, 0.25) is 0 Å². The van der Waals surface area contributed by atoms with Gasteiger partial charge in [-0.2, -0.15) is 0 Å². The number of aliphatic hydroxyl groups is 1. The average molecular weight is 403 g/mol. The van der Waals surface area contributed by atoms with Crippen LogP contribution in [0.4, 0.5) is 4.39 Å². The summed E-state index contributed by atoms with van der Waals surface area (Å²) >= 11 is 2.26. The molecule has 2 rings (SSSR count). The molecule has 0 bridgehead atoms.